The number of hydrogen-bond acceptors (Lipinski definition) is 5. The summed E-state index contributed by atoms with van der Waals surface area (Å²) in [6.45, 7) is 6.67. The Kier molecular flexibility index (Phi) is 8.12. The van der Waals surface area contributed by atoms with Crippen molar-refractivity contribution >= 4 is 27.5 Å². The number of nitrogens with zero attached hydrogens (tertiary/aromatic N) is 3. The van der Waals surface area contributed by atoms with Gasteiger partial charge in [-0.25, -0.2) is 8.42 Å². The summed E-state index contributed by atoms with van der Waals surface area (Å²) in [6, 6.07) is 9.06. The van der Waals surface area contributed by atoms with Gasteiger partial charge in [0.1, 0.15) is 17.8 Å². The normalized spacial score (nSPS) is 15.5. The highest BCUT2D eigenvalue weighted by atomic mass is 32.2. The average molecular weight is 486 g/mol. The zero-order chi connectivity index (χ0) is 24.9. The number of carbonyl (C=O) groups is 2. The molecule has 1 aromatic heterocycles. The van der Waals surface area contributed by atoms with E-state index in [4.69, 9.17) is 0 Å². The number of anilines is 1. The van der Waals surface area contributed by atoms with E-state index in [1.165, 1.54) is 19.1 Å². The van der Waals surface area contributed by atoms with Crippen molar-refractivity contribution < 1.29 is 18.0 Å². The van der Waals surface area contributed by atoms with Gasteiger partial charge in [0, 0.05) is 38.4 Å². The highest BCUT2D eigenvalue weighted by molar-refractivity contribution is 7.89. The standard InChI is InChI=1S/C24H31N5O4S/c1-17-8-12-29(13-9-17)24(31)22(10-14-28-11-4-5-21(28)16-25)27-34(32,33)23-7-6-20(15-18(23)2)26-19(3)30/h4-7,11,15,17,22,27H,8-10,12-14H2,1-3H3,(H,26,30). The molecule has 3 rings (SSSR count). The van der Waals surface area contributed by atoms with Gasteiger partial charge >= 0.3 is 0 Å². The summed E-state index contributed by atoms with van der Waals surface area (Å²) in [6.07, 6.45) is 3.70. The third kappa shape index (κ3) is 6.24. The SMILES string of the molecule is CC(=O)Nc1ccc(S(=O)(=O)NC(CCn2cccc2C#N)C(=O)N2CCC(C)CC2)c(C)c1. The van der Waals surface area contributed by atoms with Crippen molar-refractivity contribution in [2.24, 2.45) is 5.92 Å². The molecule has 2 N–H and O–H groups in total. The van der Waals surface area contributed by atoms with Crippen molar-refractivity contribution in [2.75, 3.05) is 18.4 Å². The summed E-state index contributed by atoms with van der Waals surface area (Å²) in [7, 11) is -4.02. The maximum Gasteiger partial charge on any atom is 0.241 e. The number of nitrogens with one attached hydrogen (secondary N) is 2. The lowest BCUT2D eigenvalue weighted by Crippen LogP contribution is -2.51. The van der Waals surface area contributed by atoms with Crippen LogP contribution in [0.2, 0.25) is 0 Å². The molecule has 0 bridgehead atoms. The zero-order valence-corrected chi connectivity index (χ0v) is 20.6. The van der Waals surface area contributed by atoms with Gasteiger partial charge in [-0.15, -0.1) is 0 Å². The molecular formula is C24H31N5O4S. The fourth-order valence-corrected chi connectivity index (χ4v) is 5.59. The molecule has 0 radical (unpaired) electrons. The van der Waals surface area contributed by atoms with Crippen LogP contribution in [0.3, 0.4) is 0 Å². The second-order valence-corrected chi connectivity index (χ2v) is 10.5. The summed E-state index contributed by atoms with van der Waals surface area (Å²) in [4.78, 5) is 26.4. The Morgan fingerprint density at radius 2 is 1.94 bits per heavy atom. The number of sulfonamides is 1. The minimum atomic E-state index is -4.02. The molecule has 2 heterocycles. The molecule has 1 atom stereocenters. The Bertz CT molecular complexity index is 1190. The summed E-state index contributed by atoms with van der Waals surface area (Å²) < 4.78 is 30.9. The van der Waals surface area contributed by atoms with Crippen LogP contribution < -0.4 is 10.0 Å². The molecule has 0 aliphatic carbocycles. The molecular weight excluding hydrogens is 454 g/mol. The summed E-state index contributed by atoms with van der Waals surface area (Å²) in [5.41, 5.74) is 1.40. The average Bonchev–Trinajstić information content (AvgIpc) is 3.23. The first-order valence-electron chi connectivity index (χ1n) is 11.4. The Labute approximate surface area is 200 Å². The Hall–Kier alpha value is -3.16. The van der Waals surface area contributed by atoms with Gasteiger partial charge in [-0.3, -0.25) is 9.59 Å². The highest BCUT2D eigenvalue weighted by Gasteiger charge is 2.31. The minimum Gasteiger partial charge on any atom is -0.341 e. The van der Waals surface area contributed by atoms with Crippen LogP contribution in [0.25, 0.3) is 0 Å². The number of amides is 2. The van der Waals surface area contributed by atoms with Crippen molar-refractivity contribution in [3.63, 3.8) is 0 Å². The molecule has 1 aliphatic heterocycles. The van der Waals surface area contributed by atoms with Gasteiger partial charge in [0.2, 0.25) is 21.8 Å². The van der Waals surface area contributed by atoms with Gasteiger partial charge in [-0.05, 0) is 68.0 Å². The molecule has 0 saturated carbocycles. The second kappa shape index (κ2) is 10.8. The van der Waals surface area contributed by atoms with E-state index in [0.29, 0.717) is 42.5 Å². The first-order chi connectivity index (χ1) is 16.1. The van der Waals surface area contributed by atoms with Crippen LogP contribution in [0, 0.1) is 24.2 Å². The molecule has 1 aromatic carbocycles. The van der Waals surface area contributed by atoms with E-state index in [-0.39, 0.29) is 23.1 Å². The number of likely N-dealkylation sites (tertiary alicyclic amines) is 1. The highest BCUT2D eigenvalue weighted by Crippen LogP contribution is 2.22. The third-order valence-corrected chi connectivity index (χ3v) is 7.71. The van der Waals surface area contributed by atoms with Crippen LogP contribution >= 0.6 is 0 Å². The lowest BCUT2D eigenvalue weighted by Gasteiger charge is -2.33. The predicted molar refractivity (Wildman–Crippen MR) is 128 cm³/mol. The fourth-order valence-electron chi connectivity index (χ4n) is 4.14. The molecule has 1 aliphatic rings. The number of nitriles is 1. The van der Waals surface area contributed by atoms with Gasteiger partial charge < -0.3 is 14.8 Å². The van der Waals surface area contributed by atoms with E-state index < -0.39 is 16.1 Å². The van der Waals surface area contributed by atoms with Gasteiger partial charge in [0.15, 0.2) is 0 Å². The fraction of sp³-hybridized carbons (Fsp3) is 0.458. The molecule has 0 spiro atoms. The first kappa shape index (κ1) is 25.5. The summed E-state index contributed by atoms with van der Waals surface area (Å²) in [5.74, 6) is 0.0204. The van der Waals surface area contributed by atoms with Gasteiger partial charge in [0.25, 0.3) is 0 Å². The van der Waals surface area contributed by atoms with E-state index in [0.717, 1.165) is 12.8 Å². The summed E-state index contributed by atoms with van der Waals surface area (Å²) >= 11 is 0. The van der Waals surface area contributed by atoms with Crippen LogP contribution in [-0.4, -0.2) is 48.8 Å². The Morgan fingerprint density at radius 1 is 1.24 bits per heavy atom. The van der Waals surface area contributed by atoms with Crippen molar-refractivity contribution in [2.45, 2.75) is 57.5 Å². The molecule has 34 heavy (non-hydrogen) atoms. The number of hydrogen-bond donors (Lipinski definition) is 2. The van der Waals surface area contributed by atoms with Crippen LogP contribution in [0.15, 0.2) is 41.4 Å². The molecule has 2 aromatic rings. The quantitative estimate of drug-likeness (QED) is 0.595. The summed E-state index contributed by atoms with van der Waals surface area (Å²) in [5, 5.41) is 11.9. The zero-order valence-electron chi connectivity index (χ0n) is 19.7. The van der Waals surface area contributed by atoms with Crippen LogP contribution in [0.5, 0.6) is 0 Å². The Morgan fingerprint density at radius 3 is 2.56 bits per heavy atom. The van der Waals surface area contributed by atoms with Crippen LogP contribution in [0.4, 0.5) is 5.69 Å². The van der Waals surface area contributed by atoms with E-state index in [2.05, 4.69) is 23.0 Å². The van der Waals surface area contributed by atoms with E-state index in [1.807, 2.05) is 0 Å². The van der Waals surface area contributed by atoms with E-state index in [1.54, 1.807) is 40.8 Å². The molecule has 182 valence electrons. The van der Waals surface area contributed by atoms with Crippen LogP contribution in [0.1, 0.15) is 44.4 Å². The maximum atomic E-state index is 13.4. The van der Waals surface area contributed by atoms with Crippen molar-refractivity contribution in [1.29, 1.82) is 5.26 Å². The maximum absolute atomic E-state index is 13.4. The molecule has 2 amide bonds. The van der Waals surface area contributed by atoms with Crippen molar-refractivity contribution in [1.82, 2.24) is 14.2 Å². The number of rotatable bonds is 8. The number of aromatic nitrogens is 1. The number of carbonyl (C=O) groups excluding carboxylic acids is 2. The van der Waals surface area contributed by atoms with Crippen molar-refractivity contribution in [3.8, 4) is 6.07 Å². The second-order valence-electron chi connectivity index (χ2n) is 8.83. The number of aryl methyl sites for hydroxylation is 2. The largest absolute Gasteiger partial charge is 0.341 e. The minimum absolute atomic E-state index is 0.0466. The van der Waals surface area contributed by atoms with Crippen LogP contribution in [-0.2, 0) is 26.2 Å². The smallest absolute Gasteiger partial charge is 0.241 e. The van der Waals surface area contributed by atoms with Gasteiger partial charge in [0.05, 0.1) is 4.90 Å². The first-order valence-corrected chi connectivity index (χ1v) is 12.8. The monoisotopic (exact) mass is 485 g/mol. The lowest BCUT2D eigenvalue weighted by molar-refractivity contribution is -0.134. The van der Waals surface area contributed by atoms with E-state index in [9.17, 15) is 23.3 Å². The lowest BCUT2D eigenvalue weighted by atomic mass is 9.98. The van der Waals surface area contributed by atoms with Gasteiger partial charge in [-0.2, -0.15) is 9.98 Å². The third-order valence-electron chi connectivity index (χ3n) is 6.08. The molecule has 10 heteroatoms. The molecule has 9 nitrogen and oxygen atoms in total. The van der Waals surface area contributed by atoms with E-state index >= 15 is 0 Å². The molecule has 1 fully saturated rings. The number of benzene rings is 1. The number of piperidine rings is 1. The molecule has 1 unspecified atom stereocenters. The van der Waals surface area contributed by atoms with Gasteiger partial charge in [-0.1, -0.05) is 6.92 Å². The predicted octanol–water partition coefficient (Wildman–Crippen LogP) is 2.62. The molecule has 1 saturated heterocycles. The van der Waals surface area contributed by atoms with Crippen molar-refractivity contribution in [3.05, 3.63) is 47.8 Å². The Balaban J connectivity index is 1.83. The topological polar surface area (TPSA) is 124 Å².